The molecule has 1 amide bonds. The van der Waals surface area contributed by atoms with E-state index in [1.165, 1.54) is 28.9 Å². The van der Waals surface area contributed by atoms with E-state index in [0.29, 0.717) is 17.2 Å². The summed E-state index contributed by atoms with van der Waals surface area (Å²) in [6.45, 7) is -0.0438. The molecular formula is C21H16F2N8O3S. The van der Waals surface area contributed by atoms with Gasteiger partial charge in [-0.1, -0.05) is 35.4 Å². The lowest BCUT2D eigenvalue weighted by Gasteiger charge is -2.16. The van der Waals surface area contributed by atoms with E-state index in [0.717, 1.165) is 16.9 Å². The first-order chi connectivity index (χ1) is 16.9. The van der Waals surface area contributed by atoms with E-state index in [9.17, 15) is 13.6 Å². The van der Waals surface area contributed by atoms with Crippen molar-refractivity contribution in [3.8, 4) is 17.7 Å². The van der Waals surface area contributed by atoms with Crippen LogP contribution in [0, 0.1) is 0 Å². The van der Waals surface area contributed by atoms with Crippen molar-refractivity contribution in [2.24, 2.45) is 7.05 Å². The minimum absolute atomic E-state index is 0.0315. The number of aryl methyl sites for hydroxylation is 1. The number of carbonyl (C=O) groups is 1. The van der Waals surface area contributed by atoms with E-state index in [1.54, 1.807) is 23.1 Å². The van der Waals surface area contributed by atoms with E-state index >= 15 is 0 Å². The van der Waals surface area contributed by atoms with Gasteiger partial charge in [0.15, 0.2) is 5.13 Å². The molecule has 0 bridgehead atoms. The van der Waals surface area contributed by atoms with Crippen LogP contribution in [0.1, 0.15) is 5.69 Å². The van der Waals surface area contributed by atoms with Gasteiger partial charge in [0.1, 0.15) is 12.4 Å². The molecule has 0 aliphatic heterocycles. The van der Waals surface area contributed by atoms with Gasteiger partial charge in [-0.05, 0) is 34.7 Å². The molecule has 14 heteroatoms. The molecule has 0 atom stereocenters. The number of ether oxygens (including phenoxy) is 2. The van der Waals surface area contributed by atoms with Crippen molar-refractivity contribution in [3.63, 3.8) is 0 Å². The summed E-state index contributed by atoms with van der Waals surface area (Å²) < 4.78 is 41.8. The van der Waals surface area contributed by atoms with Gasteiger partial charge < -0.3 is 9.47 Å². The third-order valence-corrected chi connectivity index (χ3v) is 5.51. The van der Waals surface area contributed by atoms with Crippen molar-refractivity contribution >= 4 is 33.4 Å². The molecule has 0 fully saturated rings. The van der Waals surface area contributed by atoms with Gasteiger partial charge in [0.05, 0.1) is 16.7 Å². The summed E-state index contributed by atoms with van der Waals surface area (Å²) in [7, 11) is 1.68. The number of thiazole rings is 1. The topological polar surface area (TPSA) is 122 Å². The van der Waals surface area contributed by atoms with Crippen LogP contribution in [0.15, 0.2) is 60.0 Å². The summed E-state index contributed by atoms with van der Waals surface area (Å²) in [6.07, 6.45) is -4.08. The number of fused-ring (bicyclic) bond motifs is 1. The molecule has 11 nitrogen and oxygen atoms in total. The van der Waals surface area contributed by atoms with Gasteiger partial charge in [-0.15, -0.1) is 11.3 Å². The zero-order valence-electron chi connectivity index (χ0n) is 18.0. The number of tetrazole rings is 1. The zero-order valence-corrected chi connectivity index (χ0v) is 18.8. The summed E-state index contributed by atoms with van der Waals surface area (Å²) >= 11 is 0.969. The molecule has 35 heavy (non-hydrogen) atoms. The lowest BCUT2D eigenvalue weighted by molar-refractivity contribution is -0.187. The number of benzene rings is 2. The molecule has 0 aliphatic carbocycles. The van der Waals surface area contributed by atoms with Gasteiger partial charge in [-0.3, -0.25) is 10.1 Å². The molecule has 0 saturated carbocycles. The highest BCUT2D eigenvalue weighted by atomic mass is 32.1. The Kier molecular flexibility index (Phi) is 5.78. The van der Waals surface area contributed by atoms with Crippen LogP contribution in [0.2, 0.25) is 0 Å². The molecule has 178 valence electrons. The number of hydrogen-bond donors (Lipinski definition) is 1. The second-order valence-electron chi connectivity index (χ2n) is 7.14. The highest BCUT2D eigenvalue weighted by Crippen LogP contribution is 2.27. The summed E-state index contributed by atoms with van der Waals surface area (Å²) in [5, 5.41) is 15.1. The monoisotopic (exact) mass is 498 g/mol. The average Bonchev–Trinajstić information content (AvgIpc) is 3.56. The lowest BCUT2D eigenvalue weighted by Crippen LogP contribution is -2.39. The molecule has 0 radical (unpaired) electrons. The Labute approximate surface area is 199 Å². The number of aromatic nitrogens is 7. The minimum Gasteiger partial charge on any atom is -0.458 e. The fourth-order valence-corrected chi connectivity index (χ4v) is 3.82. The number of carbonyl (C=O) groups excluding carboxylic acids is 1. The minimum atomic E-state index is -4.08. The molecule has 5 aromatic rings. The summed E-state index contributed by atoms with van der Waals surface area (Å²) in [6, 6.07) is 14.9. The van der Waals surface area contributed by atoms with Crippen molar-refractivity contribution < 1.29 is 23.0 Å². The fraction of sp³-hybridized carbons (Fsp3) is 0.143. The van der Waals surface area contributed by atoms with Crippen LogP contribution in [0.4, 0.5) is 13.9 Å². The number of para-hydroxylation sites is 3. The Bertz CT molecular complexity index is 1480. The van der Waals surface area contributed by atoms with Crippen LogP contribution < -0.4 is 14.8 Å². The van der Waals surface area contributed by atoms with Crippen LogP contribution in [-0.4, -0.2) is 46.8 Å². The number of nitrogens with one attached hydrogen (secondary N) is 1. The van der Waals surface area contributed by atoms with Crippen molar-refractivity contribution in [1.82, 2.24) is 34.7 Å². The average molecular weight is 498 g/mol. The first kappa shape index (κ1) is 22.3. The van der Waals surface area contributed by atoms with Gasteiger partial charge in [-0.25, -0.2) is 14.2 Å². The number of imidazole rings is 1. The van der Waals surface area contributed by atoms with E-state index in [1.807, 2.05) is 24.3 Å². The van der Waals surface area contributed by atoms with E-state index < -0.39 is 12.0 Å². The molecule has 0 unspecified atom stereocenters. The summed E-state index contributed by atoms with van der Waals surface area (Å²) in [5.41, 5.74) is 1.79. The number of halogens is 2. The maximum atomic E-state index is 14.2. The third-order valence-electron chi connectivity index (χ3n) is 4.70. The first-order valence-electron chi connectivity index (χ1n) is 10.1. The van der Waals surface area contributed by atoms with Gasteiger partial charge in [0.2, 0.25) is 0 Å². The number of hydrogen-bond acceptors (Lipinski definition) is 9. The largest absolute Gasteiger partial charge is 0.482 e. The Morgan fingerprint density at radius 1 is 1.11 bits per heavy atom. The summed E-state index contributed by atoms with van der Waals surface area (Å²) in [5.74, 6) is -1.39. The highest BCUT2D eigenvalue weighted by molar-refractivity contribution is 7.13. The first-order valence-corrected chi connectivity index (χ1v) is 11.0. The molecule has 0 spiro atoms. The number of rotatable bonds is 8. The maximum Gasteiger partial charge on any atom is 0.482 e. The third kappa shape index (κ3) is 4.63. The number of nitrogens with zero attached hydrogens (tertiary/aromatic N) is 7. The molecule has 0 aliphatic rings. The second-order valence-corrected chi connectivity index (χ2v) is 8.00. The van der Waals surface area contributed by atoms with Crippen LogP contribution in [-0.2, 0) is 18.4 Å². The summed E-state index contributed by atoms with van der Waals surface area (Å²) in [4.78, 5) is 20.7. The Hall–Kier alpha value is -4.46. The van der Waals surface area contributed by atoms with Crippen molar-refractivity contribution in [1.29, 1.82) is 0 Å². The van der Waals surface area contributed by atoms with Gasteiger partial charge in [-0.2, -0.15) is 13.8 Å². The molecule has 3 aromatic heterocycles. The predicted octanol–water partition coefficient (Wildman–Crippen LogP) is 3.19. The Morgan fingerprint density at radius 3 is 2.66 bits per heavy atom. The quantitative estimate of drug-likeness (QED) is 0.346. The maximum absolute atomic E-state index is 14.2. The van der Waals surface area contributed by atoms with Gasteiger partial charge >= 0.3 is 18.0 Å². The van der Waals surface area contributed by atoms with Crippen LogP contribution in [0.25, 0.3) is 17.0 Å². The van der Waals surface area contributed by atoms with Gasteiger partial charge in [0, 0.05) is 12.4 Å². The zero-order chi connectivity index (χ0) is 24.4. The normalized spacial score (nSPS) is 11.5. The highest BCUT2D eigenvalue weighted by Gasteiger charge is 2.42. The van der Waals surface area contributed by atoms with Crippen molar-refractivity contribution in [2.45, 2.75) is 12.7 Å². The predicted molar refractivity (Wildman–Crippen MR) is 121 cm³/mol. The molecule has 1 N–H and O–H groups in total. The lowest BCUT2D eigenvalue weighted by atomic mass is 10.3. The van der Waals surface area contributed by atoms with Crippen molar-refractivity contribution in [2.75, 3.05) is 5.32 Å². The van der Waals surface area contributed by atoms with E-state index in [4.69, 9.17) is 4.74 Å². The Morgan fingerprint density at radius 2 is 1.89 bits per heavy atom. The molecule has 3 heterocycles. The van der Waals surface area contributed by atoms with Gasteiger partial charge in [0.25, 0.3) is 5.95 Å². The fourth-order valence-electron chi connectivity index (χ4n) is 3.13. The number of anilines is 1. The van der Waals surface area contributed by atoms with Crippen molar-refractivity contribution in [3.05, 3.63) is 65.7 Å². The molecular weight excluding hydrogens is 482 g/mol. The smallest absolute Gasteiger partial charge is 0.458 e. The number of alkyl halides is 2. The van der Waals surface area contributed by atoms with E-state index in [2.05, 4.69) is 35.5 Å². The standard InChI is InChI=1S/C21H16F2N8O3S/c1-30-19(27-28-29-30)31-16-10-6-5-9-15(16)25-20(31)33-11-13-12-35-18(24-13)26-17(32)21(22,23)34-14-7-3-2-4-8-14/h2-10,12H,11H2,1H3,(H,24,26,32). The Balaban J connectivity index is 1.29. The van der Waals surface area contributed by atoms with Crippen LogP contribution in [0.5, 0.6) is 11.8 Å². The number of amides is 1. The molecule has 2 aromatic carbocycles. The van der Waals surface area contributed by atoms with Crippen LogP contribution in [0.3, 0.4) is 0 Å². The molecule has 5 rings (SSSR count). The van der Waals surface area contributed by atoms with Crippen LogP contribution >= 0.6 is 11.3 Å². The van der Waals surface area contributed by atoms with E-state index in [-0.39, 0.29) is 23.5 Å². The molecule has 0 saturated heterocycles. The second kappa shape index (κ2) is 9.06. The SMILES string of the molecule is Cn1nnnc1-n1c(OCc2csc(NC(=O)C(F)(F)Oc3ccccc3)n2)nc2ccccc21.